The van der Waals surface area contributed by atoms with E-state index < -0.39 is 0 Å². The van der Waals surface area contributed by atoms with Crippen molar-refractivity contribution in [2.24, 2.45) is 0 Å². The Bertz CT molecular complexity index is 674. The zero-order valence-corrected chi connectivity index (χ0v) is 15.0. The van der Waals surface area contributed by atoms with Crippen molar-refractivity contribution in [1.29, 1.82) is 0 Å². The van der Waals surface area contributed by atoms with E-state index >= 15 is 0 Å². The van der Waals surface area contributed by atoms with Crippen molar-refractivity contribution in [2.75, 3.05) is 19.7 Å². The Kier molecular flexibility index (Phi) is 6.61. The van der Waals surface area contributed by atoms with Crippen LogP contribution in [0.1, 0.15) is 27.0 Å². The third kappa shape index (κ3) is 5.07. The minimum Gasteiger partial charge on any atom is -0.493 e. The van der Waals surface area contributed by atoms with Gasteiger partial charge < -0.3 is 15.4 Å². The molecule has 2 rings (SSSR count). The maximum atomic E-state index is 12.1. The first-order valence-corrected chi connectivity index (χ1v) is 8.81. The Balaban J connectivity index is 1.78. The van der Waals surface area contributed by atoms with E-state index in [9.17, 15) is 9.59 Å². The largest absolute Gasteiger partial charge is 0.493 e. The summed E-state index contributed by atoms with van der Waals surface area (Å²) in [5.41, 5.74) is 0.532. The van der Waals surface area contributed by atoms with Gasteiger partial charge >= 0.3 is 0 Å². The molecule has 0 aliphatic heterocycles. The van der Waals surface area contributed by atoms with Crippen LogP contribution in [0, 0.1) is 0 Å². The average Bonchev–Trinajstić information content (AvgIpc) is 3.07. The first-order valence-electron chi connectivity index (χ1n) is 7.14. The van der Waals surface area contributed by atoms with E-state index in [1.165, 1.54) is 11.3 Å². The number of carbonyl (C=O) groups is 2. The summed E-state index contributed by atoms with van der Waals surface area (Å²) in [6.45, 7) is 3.20. The summed E-state index contributed by atoms with van der Waals surface area (Å²) in [5.74, 6) is 0.379. The monoisotopic (exact) mass is 396 g/mol. The number of hydrogen-bond donors (Lipinski definition) is 2. The summed E-state index contributed by atoms with van der Waals surface area (Å²) < 4.78 is 6.14. The highest BCUT2D eigenvalue weighted by Gasteiger charge is 2.09. The molecule has 0 bridgehead atoms. The standard InChI is InChI=1S/C16H17BrN2O3S/c1-2-22-13-6-5-11(10-12(13)17)15(20)18-7-8-19-16(21)14-4-3-9-23-14/h3-6,9-10H,2,7-8H2,1H3,(H,18,20)(H,19,21). The molecule has 2 amide bonds. The number of carbonyl (C=O) groups excluding carboxylic acids is 2. The van der Waals surface area contributed by atoms with Gasteiger partial charge in [-0.25, -0.2) is 0 Å². The average molecular weight is 397 g/mol. The summed E-state index contributed by atoms with van der Waals surface area (Å²) in [6, 6.07) is 8.75. The van der Waals surface area contributed by atoms with Crippen LogP contribution in [0.5, 0.6) is 5.75 Å². The van der Waals surface area contributed by atoms with E-state index in [0.717, 1.165) is 4.47 Å². The number of nitrogens with one attached hydrogen (secondary N) is 2. The van der Waals surface area contributed by atoms with Gasteiger partial charge in [-0.05, 0) is 52.5 Å². The van der Waals surface area contributed by atoms with Gasteiger partial charge in [-0.15, -0.1) is 11.3 Å². The summed E-state index contributed by atoms with van der Waals surface area (Å²) in [4.78, 5) is 24.4. The van der Waals surface area contributed by atoms with Crippen LogP contribution in [-0.2, 0) is 0 Å². The molecule has 0 aliphatic carbocycles. The Labute approximate surface area is 147 Å². The van der Waals surface area contributed by atoms with Crippen LogP contribution in [0.3, 0.4) is 0 Å². The first kappa shape index (κ1) is 17.5. The number of halogens is 1. The molecule has 7 heteroatoms. The quantitative estimate of drug-likeness (QED) is 0.706. The van der Waals surface area contributed by atoms with E-state index in [4.69, 9.17) is 4.74 Å². The molecule has 0 unspecified atom stereocenters. The van der Waals surface area contributed by atoms with E-state index in [2.05, 4.69) is 26.6 Å². The third-order valence-electron chi connectivity index (χ3n) is 2.93. The lowest BCUT2D eigenvalue weighted by atomic mass is 10.2. The molecular formula is C16H17BrN2O3S. The second-order valence-corrected chi connectivity index (χ2v) is 6.37. The van der Waals surface area contributed by atoms with Crippen molar-refractivity contribution in [3.8, 4) is 5.75 Å². The molecule has 0 radical (unpaired) electrons. The van der Waals surface area contributed by atoms with Crippen molar-refractivity contribution in [1.82, 2.24) is 10.6 Å². The minimum absolute atomic E-state index is 0.127. The molecule has 5 nitrogen and oxygen atoms in total. The number of hydrogen-bond acceptors (Lipinski definition) is 4. The lowest BCUT2D eigenvalue weighted by Gasteiger charge is -2.09. The van der Waals surface area contributed by atoms with Crippen molar-refractivity contribution in [3.05, 3.63) is 50.6 Å². The second kappa shape index (κ2) is 8.69. The zero-order valence-electron chi connectivity index (χ0n) is 12.6. The normalized spacial score (nSPS) is 10.2. The highest BCUT2D eigenvalue weighted by atomic mass is 79.9. The molecule has 2 aromatic rings. The van der Waals surface area contributed by atoms with Crippen LogP contribution >= 0.6 is 27.3 Å². The molecule has 2 N–H and O–H groups in total. The van der Waals surface area contributed by atoms with Gasteiger partial charge in [0.15, 0.2) is 0 Å². The fraction of sp³-hybridized carbons (Fsp3) is 0.250. The molecule has 0 atom stereocenters. The fourth-order valence-electron chi connectivity index (χ4n) is 1.86. The predicted octanol–water partition coefficient (Wildman–Crippen LogP) is 3.07. The molecule has 122 valence electrons. The van der Waals surface area contributed by atoms with Crippen molar-refractivity contribution in [2.45, 2.75) is 6.92 Å². The lowest BCUT2D eigenvalue weighted by molar-refractivity contribution is 0.0929. The van der Waals surface area contributed by atoms with Crippen LogP contribution in [0.4, 0.5) is 0 Å². The van der Waals surface area contributed by atoms with Gasteiger partial charge in [-0.2, -0.15) is 0 Å². The van der Waals surface area contributed by atoms with Gasteiger partial charge in [0.05, 0.1) is 16.0 Å². The lowest BCUT2D eigenvalue weighted by Crippen LogP contribution is -2.34. The van der Waals surface area contributed by atoms with Gasteiger partial charge in [-0.3, -0.25) is 9.59 Å². The number of rotatable bonds is 7. The van der Waals surface area contributed by atoms with Gasteiger partial charge in [0, 0.05) is 18.7 Å². The van der Waals surface area contributed by atoms with Crippen molar-refractivity contribution < 1.29 is 14.3 Å². The smallest absolute Gasteiger partial charge is 0.261 e. The highest BCUT2D eigenvalue weighted by molar-refractivity contribution is 9.10. The second-order valence-electron chi connectivity index (χ2n) is 4.57. The van der Waals surface area contributed by atoms with Crippen LogP contribution < -0.4 is 15.4 Å². The summed E-state index contributed by atoms with van der Waals surface area (Å²) in [6.07, 6.45) is 0. The van der Waals surface area contributed by atoms with E-state index in [1.807, 2.05) is 18.4 Å². The van der Waals surface area contributed by atoms with Crippen LogP contribution in [0.2, 0.25) is 0 Å². The van der Waals surface area contributed by atoms with Gasteiger partial charge in [-0.1, -0.05) is 6.07 Å². The Hall–Kier alpha value is -1.86. The maximum Gasteiger partial charge on any atom is 0.261 e. The molecule has 0 fully saturated rings. The maximum absolute atomic E-state index is 12.1. The van der Waals surface area contributed by atoms with Crippen LogP contribution in [0.25, 0.3) is 0 Å². The molecule has 0 saturated heterocycles. The van der Waals surface area contributed by atoms with Crippen molar-refractivity contribution in [3.63, 3.8) is 0 Å². The molecule has 0 saturated carbocycles. The van der Waals surface area contributed by atoms with Crippen molar-refractivity contribution >= 4 is 39.1 Å². The minimum atomic E-state index is -0.195. The van der Waals surface area contributed by atoms with Crippen LogP contribution in [-0.4, -0.2) is 31.5 Å². The Morgan fingerprint density at radius 2 is 1.91 bits per heavy atom. The summed E-state index contributed by atoms with van der Waals surface area (Å²) >= 11 is 4.76. The molecule has 0 aliphatic rings. The number of ether oxygens (including phenoxy) is 1. The zero-order chi connectivity index (χ0) is 16.7. The van der Waals surface area contributed by atoms with E-state index in [-0.39, 0.29) is 11.8 Å². The van der Waals surface area contributed by atoms with Gasteiger partial charge in [0.25, 0.3) is 11.8 Å². The molecule has 23 heavy (non-hydrogen) atoms. The van der Waals surface area contributed by atoms with Crippen LogP contribution in [0.15, 0.2) is 40.2 Å². The Morgan fingerprint density at radius 3 is 2.52 bits per heavy atom. The molecule has 1 heterocycles. The molecule has 1 aromatic heterocycles. The third-order valence-corrected chi connectivity index (χ3v) is 4.42. The summed E-state index contributed by atoms with van der Waals surface area (Å²) in [5, 5.41) is 7.37. The molecule has 1 aromatic carbocycles. The Morgan fingerprint density at radius 1 is 1.17 bits per heavy atom. The molecular weight excluding hydrogens is 380 g/mol. The highest BCUT2D eigenvalue weighted by Crippen LogP contribution is 2.25. The van der Waals surface area contributed by atoms with Gasteiger partial charge in [0.1, 0.15) is 5.75 Å². The van der Waals surface area contributed by atoms with Gasteiger partial charge in [0.2, 0.25) is 0 Å². The molecule has 0 spiro atoms. The SMILES string of the molecule is CCOc1ccc(C(=O)NCCNC(=O)c2cccs2)cc1Br. The number of amides is 2. The fourth-order valence-corrected chi connectivity index (χ4v) is 3.00. The summed E-state index contributed by atoms with van der Waals surface area (Å²) in [7, 11) is 0. The van der Waals surface area contributed by atoms with E-state index in [1.54, 1.807) is 24.3 Å². The first-order chi connectivity index (χ1) is 11.1. The number of benzene rings is 1. The number of thiophene rings is 1. The van der Waals surface area contributed by atoms with E-state index in [0.29, 0.717) is 35.9 Å². The topological polar surface area (TPSA) is 67.4 Å². The predicted molar refractivity (Wildman–Crippen MR) is 94.3 cm³/mol.